The Morgan fingerprint density at radius 1 is 1.07 bits per heavy atom. The van der Waals surface area contributed by atoms with Crippen LogP contribution in [0.15, 0.2) is 47.4 Å². The second kappa shape index (κ2) is 5.61. The molecular formula is C22H16BrF3O. The molecule has 1 nitrogen and oxygen atoms in total. The van der Waals surface area contributed by atoms with Gasteiger partial charge in [0, 0.05) is 15.3 Å². The third-order valence-electron chi connectivity index (χ3n) is 5.36. The molecule has 0 spiro atoms. The minimum atomic E-state index is -4.46. The molecule has 0 bridgehead atoms. The number of hydrogen-bond acceptors (Lipinski definition) is 1. The minimum absolute atomic E-state index is 0.143. The molecule has 0 saturated heterocycles. The van der Waals surface area contributed by atoms with Gasteiger partial charge in [-0.3, -0.25) is 0 Å². The van der Waals surface area contributed by atoms with Crippen LogP contribution in [-0.4, -0.2) is 5.11 Å². The number of alkyl halides is 3. The summed E-state index contributed by atoms with van der Waals surface area (Å²) < 4.78 is 40.3. The molecule has 1 aliphatic rings. The Morgan fingerprint density at radius 3 is 2.41 bits per heavy atom. The summed E-state index contributed by atoms with van der Waals surface area (Å²) in [6, 6.07) is 9.11. The summed E-state index contributed by atoms with van der Waals surface area (Å²) in [5.74, 6) is -0.143. The van der Waals surface area contributed by atoms with Crippen LogP contribution >= 0.6 is 15.9 Å². The molecule has 3 aromatic rings. The van der Waals surface area contributed by atoms with E-state index in [-0.39, 0.29) is 11.1 Å². The summed E-state index contributed by atoms with van der Waals surface area (Å²) in [5, 5.41) is 11.3. The number of benzene rings is 3. The number of phenols is 1. The fraction of sp³-hybridized carbons (Fsp3) is 0.182. The molecule has 27 heavy (non-hydrogen) atoms. The van der Waals surface area contributed by atoms with E-state index < -0.39 is 17.2 Å². The molecule has 1 aliphatic carbocycles. The molecule has 0 radical (unpaired) electrons. The van der Waals surface area contributed by atoms with E-state index in [4.69, 9.17) is 0 Å². The van der Waals surface area contributed by atoms with Crippen molar-refractivity contribution >= 4 is 32.8 Å². The fourth-order valence-electron chi connectivity index (χ4n) is 4.08. The van der Waals surface area contributed by atoms with Gasteiger partial charge in [0.15, 0.2) is 0 Å². The van der Waals surface area contributed by atoms with Crippen LogP contribution < -0.4 is 0 Å². The Balaban J connectivity index is 2.15. The topological polar surface area (TPSA) is 20.2 Å². The highest BCUT2D eigenvalue weighted by Gasteiger charge is 2.39. The van der Waals surface area contributed by atoms with Crippen molar-refractivity contribution in [3.05, 3.63) is 69.7 Å². The molecule has 0 heterocycles. The lowest BCUT2D eigenvalue weighted by atomic mass is 9.81. The SMILES string of the molecule is C=Cc1cc(Br)c2c(c1)-c1c(cc(O)c3cc(C(F)(F)F)ccc13)C2(C)C. The van der Waals surface area contributed by atoms with Crippen molar-refractivity contribution in [3.63, 3.8) is 0 Å². The van der Waals surface area contributed by atoms with E-state index in [1.54, 1.807) is 12.1 Å². The summed E-state index contributed by atoms with van der Waals surface area (Å²) in [6.07, 6.45) is -2.73. The first-order chi connectivity index (χ1) is 12.6. The number of phenolic OH excluding ortho intramolecular Hbond substituents is 1. The Bertz CT molecular complexity index is 1130. The average Bonchev–Trinajstić information content (AvgIpc) is 2.81. The van der Waals surface area contributed by atoms with Gasteiger partial charge in [-0.25, -0.2) is 0 Å². The first kappa shape index (κ1) is 18.1. The van der Waals surface area contributed by atoms with Gasteiger partial charge in [-0.15, -0.1) is 0 Å². The fourth-order valence-corrected chi connectivity index (χ4v) is 5.05. The normalized spacial score (nSPS) is 14.9. The number of rotatable bonds is 1. The molecule has 138 valence electrons. The van der Waals surface area contributed by atoms with Crippen LogP contribution in [-0.2, 0) is 11.6 Å². The van der Waals surface area contributed by atoms with Crippen LogP contribution in [0.1, 0.15) is 36.1 Å². The number of aromatic hydroxyl groups is 1. The van der Waals surface area contributed by atoms with E-state index in [1.807, 2.05) is 26.0 Å². The zero-order valence-electron chi connectivity index (χ0n) is 14.7. The quantitative estimate of drug-likeness (QED) is 0.428. The van der Waals surface area contributed by atoms with Gasteiger partial charge in [-0.05, 0) is 63.5 Å². The Kier molecular flexibility index (Phi) is 3.77. The lowest BCUT2D eigenvalue weighted by Crippen LogP contribution is -2.15. The van der Waals surface area contributed by atoms with Gasteiger partial charge in [0.1, 0.15) is 5.75 Å². The first-order valence-corrected chi connectivity index (χ1v) is 9.19. The zero-order chi connectivity index (χ0) is 19.7. The summed E-state index contributed by atoms with van der Waals surface area (Å²) in [7, 11) is 0. The lowest BCUT2D eigenvalue weighted by molar-refractivity contribution is -0.137. The monoisotopic (exact) mass is 432 g/mol. The van der Waals surface area contributed by atoms with Gasteiger partial charge >= 0.3 is 6.18 Å². The Morgan fingerprint density at radius 2 is 1.78 bits per heavy atom. The number of fused-ring (bicyclic) bond motifs is 5. The van der Waals surface area contributed by atoms with Crippen molar-refractivity contribution in [3.8, 4) is 16.9 Å². The highest BCUT2D eigenvalue weighted by Crippen LogP contribution is 2.55. The molecule has 1 N–H and O–H groups in total. The molecule has 4 rings (SSSR count). The van der Waals surface area contributed by atoms with E-state index in [9.17, 15) is 18.3 Å². The number of hydrogen-bond donors (Lipinski definition) is 1. The maximum Gasteiger partial charge on any atom is 0.416 e. The summed E-state index contributed by atoms with van der Waals surface area (Å²) in [4.78, 5) is 0. The van der Waals surface area contributed by atoms with Crippen molar-refractivity contribution in [2.24, 2.45) is 0 Å². The smallest absolute Gasteiger partial charge is 0.416 e. The van der Waals surface area contributed by atoms with Crippen LogP contribution in [0, 0.1) is 0 Å². The van der Waals surface area contributed by atoms with Crippen LogP contribution in [0.25, 0.3) is 28.0 Å². The number of halogens is 4. The minimum Gasteiger partial charge on any atom is -0.507 e. The van der Waals surface area contributed by atoms with Gasteiger partial charge in [-0.1, -0.05) is 48.5 Å². The third kappa shape index (κ3) is 2.52. The van der Waals surface area contributed by atoms with Gasteiger partial charge in [0.2, 0.25) is 0 Å². The van der Waals surface area contributed by atoms with E-state index in [0.717, 1.165) is 44.4 Å². The van der Waals surface area contributed by atoms with E-state index in [1.165, 1.54) is 6.07 Å². The van der Waals surface area contributed by atoms with Crippen molar-refractivity contribution in [2.75, 3.05) is 0 Å². The molecule has 5 heteroatoms. The van der Waals surface area contributed by atoms with Crippen molar-refractivity contribution in [1.82, 2.24) is 0 Å². The van der Waals surface area contributed by atoms with Gasteiger partial charge in [0.05, 0.1) is 5.56 Å². The maximum absolute atomic E-state index is 13.1. The molecule has 0 saturated carbocycles. The van der Waals surface area contributed by atoms with Gasteiger partial charge < -0.3 is 5.11 Å². The van der Waals surface area contributed by atoms with Crippen LogP contribution in [0.5, 0.6) is 5.75 Å². The predicted molar refractivity (Wildman–Crippen MR) is 106 cm³/mol. The Labute approximate surface area is 163 Å². The highest BCUT2D eigenvalue weighted by atomic mass is 79.9. The second-order valence-electron chi connectivity index (χ2n) is 7.33. The Hall–Kier alpha value is -2.27. The van der Waals surface area contributed by atoms with Crippen LogP contribution in [0.3, 0.4) is 0 Å². The highest BCUT2D eigenvalue weighted by molar-refractivity contribution is 9.10. The van der Waals surface area contributed by atoms with Crippen molar-refractivity contribution < 1.29 is 18.3 Å². The van der Waals surface area contributed by atoms with Gasteiger partial charge in [-0.2, -0.15) is 13.2 Å². The van der Waals surface area contributed by atoms with E-state index >= 15 is 0 Å². The van der Waals surface area contributed by atoms with E-state index in [0.29, 0.717) is 5.39 Å². The molecule has 0 fully saturated rings. The predicted octanol–water partition coefficient (Wildman–Crippen LogP) is 7.28. The average molecular weight is 433 g/mol. The second-order valence-corrected chi connectivity index (χ2v) is 8.19. The van der Waals surface area contributed by atoms with Gasteiger partial charge in [0.25, 0.3) is 0 Å². The largest absolute Gasteiger partial charge is 0.507 e. The molecule has 0 amide bonds. The van der Waals surface area contributed by atoms with Crippen molar-refractivity contribution in [2.45, 2.75) is 25.4 Å². The summed E-state index contributed by atoms with van der Waals surface area (Å²) in [5.41, 5.74) is 3.49. The van der Waals surface area contributed by atoms with Crippen LogP contribution in [0.2, 0.25) is 0 Å². The lowest BCUT2D eigenvalue weighted by Gasteiger charge is -2.23. The van der Waals surface area contributed by atoms with Crippen molar-refractivity contribution in [1.29, 1.82) is 0 Å². The van der Waals surface area contributed by atoms with E-state index in [2.05, 4.69) is 22.5 Å². The third-order valence-corrected chi connectivity index (χ3v) is 5.98. The molecule has 0 unspecified atom stereocenters. The molecule has 0 aliphatic heterocycles. The standard InChI is InChI=1S/C22H16BrF3O/c1-4-11-7-15-19-13-6-5-12(22(24,25)26)9-14(13)18(27)10-16(19)21(2,3)20(15)17(23)8-11/h4-10,27H,1H2,2-3H3. The summed E-state index contributed by atoms with van der Waals surface area (Å²) in [6.45, 7) is 7.91. The first-order valence-electron chi connectivity index (χ1n) is 8.40. The molecule has 0 atom stereocenters. The summed E-state index contributed by atoms with van der Waals surface area (Å²) >= 11 is 3.63. The maximum atomic E-state index is 13.1. The molecule has 3 aromatic carbocycles. The molecule has 0 aromatic heterocycles. The molecular weight excluding hydrogens is 417 g/mol. The zero-order valence-corrected chi connectivity index (χ0v) is 16.3. The van der Waals surface area contributed by atoms with Crippen LogP contribution in [0.4, 0.5) is 13.2 Å².